The van der Waals surface area contributed by atoms with Gasteiger partial charge < -0.3 is 15.4 Å². The maximum absolute atomic E-state index is 12.7. The standard InChI is InChI=1S/C19H25N3O4S.ClH/c1-22(17-6-4-3-5-7-17)27(24,25)18-10-8-16(9-11-18)19(23)21-13-12-20-14-15-26-2;/h3-11,20H,12-15H2,1-2H3,(H,21,23);1H. The van der Waals surface area contributed by atoms with Crippen molar-refractivity contribution in [1.82, 2.24) is 10.6 Å². The summed E-state index contributed by atoms with van der Waals surface area (Å²) in [6.07, 6.45) is 0. The van der Waals surface area contributed by atoms with Crippen molar-refractivity contribution in [2.45, 2.75) is 4.90 Å². The van der Waals surface area contributed by atoms with Gasteiger partial charge in [-0.15, -0.1) is 12.4 Å². The molecule has 0 saturated carbocycles. The van der Waals surface area contributed by atoms with Crippen molar-refractivity contribution in [3.05, 3.63) is 60.2 Å². The molecule has 154 valence electrons. The summed E-state index contributed by atoms with van der Waals surface area (Å²) in [4.78, 5) is 12.3. The fourth-order valence-electron chi connectivity index (χ4n) is 2.38. The van der Waals surface area contributed by atoms with E-state index in [0.29, 0.717) is 37.5 Å². The highest BCUT2D eigenvalue weighted by Gasteiger charge is 2.21. The van der Waals surface area contributed by atoms with Crippen molar-refractivity contribution in [2.75, 3.05) is 44.7 Å². The molecular formula is C19H26ClN3O4S. The van der Waals surface area contributed by atoms with E-state index >= 15 is 0 Å². The average Bonchev–Trinajstić information content (AvgIpc) is 2.70. The van der Waals surface area contributed by atoms with Crippen LogP contribution < -0.4 is 14.9 Å². The average molecular weight is 428 g/mol. The summed E-state index contributed by atoms with van der Waals surface area (Å²) in [5, 5.41) is 5.91. The number of para-hydroxylation sites is 1. The van der Waals surface area contributed by atoms with Crippen LogP contribution >= 0.6 is 12.4 Å². The molecule has 0 fully saturated rings. The van der Waals surface area contributed by atoms with E-state index in [1.165, 1.54) is 35.6 Å². The molecule has 2 N–H and O–H groups in total. The first-order valence-electron chi connectivity index (χ1n) is 8.58. The summed E-state index contributed by atoms with van der Waals surface area (Å²) >= 11 is 0. The molecule has 9 heteroatoms. The Morgan fingerprint density at radius 2 is 1.64 bits per heavy atom. The number of methoxy groups -OCH3 is 1. The fraction of sp³-hybridized carbons (Fsp3) is 0.316. The maximum Gasteiger partial charge on any atom is 0.264 e. The number of nitrogens with one attached hydrogen (secondary N) is 2. The summed E-state index contributed by atoms with van der Waals surface area (Å²) in [7, 11) is -0.553. The molecule has 28 heavy (non-hydrogen) atoms. The molecule has 0 aliphatic rings. The number of sulfonamides is 1. The van der Waals surface area contributed by atoms with Crippen LogP contribution in [0.15, 0.2) is 59.5 Å². The van der Waals surface area contributed by atoms with E-state index in [0.717, 1.165) is 0 Å². The molecule has 7 nitrogen and oxygen atoms in total. The molecule has 2 rings (SSSR count). The molecule has 0 unspecified atom stereocenters. The number of ether oxygens (including phenoxy) is 1. The van der Waals surface area contributed by atoms with Gasteiger partial charge in [-0.05, 0) is 36.4 Å². The Balaban J connectivity index is 0.00000392. The summed E-state index contributed by atoms with van der Waals surface area (Å²) in [5.74, 6) is -0.246. The number of hydrogen-bond donors (Lipinski definition) is 2. The lowest BCUT2D eigenvalue weighted by Crippen LogP contribution is -2.33. The number of hydrogen-bond acceptors (Lipinski definition) is 5. The van der Waals surface area contributed by atoms with E-state index in [9.17, 15) is 13.2 Å². The van der Waals surface area contributed by atoms with E-state index in [4.69, 9.17) is 4.74 Å². The number of amides is 1. The van der Waals surface area contributed by atoms with Crippen LogP contribution in [0.3, 0.4) is 0 Å². The number of halogens is 1. The lowest BCUT2D eigenvalue weighted by atomic mass is 10.2. The monoisotopic (exact) mass is 427 g/mol. The number of benzene rings is 2. The number of nitrogens with zero attached hydrogens (tertiary/aromatic N) is 1. The second kappa shape index (κ2) is 11.7. The normalized spacial score (nSPS) is 10.8. The molecule has 0 aliphatic heterocycles. The van der Waals surface area contributed by atoms with Crippen molar-refractivity contribution in [2.24, 2.45) is 0 Å². The topological polar surface area (TPSA) is 87.7 Å². The minimum atomic E-state index is -3.68. The molecular weight excluding hydrogens is 402 g/mol. The minimum Gasteiger partial charge on any atom is -0.383 e. The predicted molar refractivity (Wildman–Crippen MR) is 113 cm³/mol. The molecule has 0 bridgehead atoms. The second-order valence-corrected chi connectivity index (χ2v) is 7.80. The van der Waals surface area contributed by atoms with Gasteiger partial charge in [-0.3, -0.25) is 9.10 Å². The van der Waals surface area contributed by atoms with Gasteiger partial charge in [-0.2, -0.15) is 0 Å². The molecule has 0 aromatic heterocycles. The lowest BCUT2D eigenvalue weighted by Gasteiger charge is -2.19. The Labute approximate surface area is 172 Å². The largest absolute Gasteiger partial charge is 0.383 e. The highest BCUT2D eigenvalue weighted by Crippen LogP contribution is 2.21. The third kappa shape index (κ3) is 6.49. The summed E-state index contributed by atoms with van der Waals surface area (Å²) in [6, 6.07) is 14.7. The number of rotatable bonds is 10. The first kappa shape index (κ1) is 23.9. The van der Waals surface area contributed by atoms with Crippen molar-refractivity contribution >= 4 is 34.0 Å². The van der Waals surface area contributed by atoms with E-state index in [2.05, 4.69) is 10.6 Å². The van der Waals surface area contributed by atoms with Gasteiger partial charge in [0.25, 0.3) is 15.9 Å². The Morgan fingerprint density at radius 1 is 1.00 bits per heavy atom. The number of carbonyl (C=O) groups excluding carboxylic acids is 1. The molecule has 0 saturated heterocycles. The van der Waals surface area contributed by atoms with Crippen LogP contribution in [0.4, 0.5) is 5.69 Å². The zero-order valence-corrected chi connectivity index (χ0v) is 17.6. The number of anilines is 1. The molecule has 0 heterocycles. The predicted octanol–water partition coefficient (Wildman–Crippen LogP) is 1.90. The Bertz CT molecular complexity index is 830. The van der Waals surface area contributed by atoms with E-state index in [-0.39, 0.29) is 23.2 Å². The second-order valence-electron chi connectivity index (χ2n) is 5.83. The molecule has 2 aromatic rings. The van der Waals surface area contributed by atoms with Gasteiger partial charge >= 0.3 is 0 Å². The first-order chi connectivity index (χ1) is 13.0. The Kier molecular flexibility index (Phi) is 9.95. The van der Waals surface area contributed by atoms with Crippen LogP contribution in [0.2, 0.25) is 0 Å². The van der Waals surface area contributed by atoms with Crippen LogP contribution in [0.1, 0.15) is 10.4 Å². The zero-order valence-electron chi connectivity index (χ0n) is 15.9. The van der Waals surface area contributed by atoms with Crippen molar-refractivity contribution in [3.8, 4) is 0 Å². The van der Waals surface area contributed by atoms with Gasteiger partial charge in [0.2, 0.25) is 0 Å². The van der Waals surface area contributed by atoms with E-state index < -0.39 is 10.0 Å². The van der Waals surface area contributed by atoms with Gasteiger partial charge in [-0.1, -0.05) is 18.2 Å². The van der Waals surface area contributed by atoms with Crippen LogP contribution in [0.25, 0.3) is 0 Å². The SMILES string of the molecule is COCCNCCNC(=O)c1ccc(S(=O)(=O)N(C)c2ccccc2)cc1.Cl. The van der Waals surface area contributed by atoms with Gasteiger partial charge in [0.1, 0.15) is 0 Å². The fourth-order valence-corrected chi connectivity index (χ4v) is 3.57. The molecule has 1 amide bonds. The summed E-state index contributed by atoms with van der Waals surface area (Å²) in [5.41, 5.74) is 0.980. The van der Waals surface area contributed by atoms with Crippen LogP contribution in [0, 0.1) is 0 Å². The summed E-state index contributed by atoms with van der Waals surface area (Å²) < 4.78 is 31.6. The highest BCUT2D eigenvalue weighted by molar-refractivity contribution is 7.92. The minimum absolute atomic E-state index is 0. The van der Waals surface area contributed by atoms with Crippen LogP contribution in [-0.4, -0.2) is 54.7 Å². The first-order valence-corrected chi connectivity index (χ1v) is 10.0. The van der Waals surface area contributed by atoms with Gasteiger partial charge in [0.15, 0.2) is 0 Å². The molecule has 0 spiro atoms. The lowest BCUT2D eigenvalue weighted by molar-refractivity contribution is 0.0953. The van der Waals surface area contributed by atoms with Crippen LogP contribution in [0.5, 0.6) is 0 Å². The van der Waals surface area contributed by atoms with Crippen molar-refractivity contribution < 1.29 is 17.9 Å². The highest BCUT2D eigenvalue weighted by atomic mass is 35.5. The maximum atomic E-state index is 12.7. The Morgan fingerprint density at radius 3 is 2.25 bits per heavy atom. The quantitative estimate of drug-likeness (QED) is 0.565. The zero-order chi connectivity index (χ0) is 19.7. The van der Waals surface area contributed by atoms with Gasteiger partial charge in [0.05, 0.1) is 17.2 Å². The third-order valence-electron chi connectivity index (χ3n) is 3.97. The molecule has 0 atom stereocenters. The molecule has 0 radical (unpaired) electrons. The number of carbonyl (C=O) groups is 1. The van der Waals surface area contributed by atoms with E-state index in [1.807, 2.05) is 6.07 Å². The molecule has 0 aliphatic carbocycles. The smallest absolute Gasteiger partial charge is 0.264 e. The van der Waals surface area contributed by atoms with Gasteiger partial charge in [0, 0.05) is 39.4 Å². The Hall–Kier alpha value is -2.13. The molecule has 2 aromatic carbocycles. The third-order valence-corrected chi connectivity index (χ3v) is 5.76. The van der Waals surface area contributed by atoms with E-state index in [1.54, 1.807) is 31.4 Å². The van der Waals surface area contributed by atoms with Crippen molar-refractivity contribution in [3.63, 3.8) is 0 Å². The van der Waals surface area contributed by atoms with Crippen molar-refractivity contribution in [1.29, 1.82) is 0 Å². The van der Waals surface area contributed by atoms with Crippen LogP contribution in [-0.2, 0) is 14.8 Å². The van der Waals surface area contributed by atoms with Gasteiger partial charge in [-0.25, -0.2) is 8.42 Å². The summed E-state index contributed by atoms with van der Waals surface area (Å²) in [6.45, 7) is 2.43.